The fourth-order valence-corrected chi connectivity index (χ4v) is 1.88. The lowest BCUT2D eigenvalue weighted by molar-refractivity contribution is 0.0657. The van der Waals surface area contributed by atoms with Crippen LogP contribution in [0, 0.1) is 5.21 Å². The first-order valence-electron chi connectivity index (χ1n) is 6.84. The van der Waals surface area contributed by atoms with Gasteiger partial charge in [-0.3, -0.25) is 10.0 Å². The predicted molar refractivity (Wildman–Crippen MR) is 85.1 cm³/mol. The predicted octanol–water partition coefficient (Wildman–Crippen LogP) is 2.64. The number of carboxylic acids is 1. The van der Waals surface area contributed by atoms with Crippen molar-refractivity contribution in [1.82, 2.24) is 0 Å². The second-order valence-corrected chi connectivity index (χ2v) is 4.70. The van der Waals surface area contributed by atoms with Crippen LogP contribution in [-0.4, -0.2) is 16.3 Å². The van der Waals surface area contributed by atoms with E-state index in [2.05, 4.69) is 0 Å². The minimum absolute atomic E-state index is 0.000103. The van der Waals surface area contributed by atoms with Gasteiger partial charge in [-0.05, 0) is 30.7 Å². The number of hydrogen-bond donors (Lipinski definition) is 2. The summed E-state index contributed by atoms with van der Waals surface area (Å²) in [6, 6.07) is 6.69. The number of nitrogens with zero attached hydrogens (tertiary/aromatic N) is 1. The number of carboxylic acid groups (broad SMARTS) is 1. The Hall–Kier alpha value is -3.10. The van der Waals surface area contributed by atoms with E-state index in [1.54, 1.807) is 25.1 Å². The molecule has 0 saturated heterocycles. The number of anilines is 1. The largest absolute Gasteiger partial charge is 0.733 e. The zero-order valence-electron chi connectivity index (χ0n) is 12.6. The van der Waals surface area contributed by atoms with Gasteiger partial charge in [0.2, 0.25) is 16.9 Å². The van der Waals surface area contributed by atoms with Crippen molar-refractivity contribution < 1.29 is 24.3 Å². The molecule has 2 aromatic rings. The molecule has 0 aliphatic heterocycles. The monoisotopic (exact) mass is 332 g/mol. The van der Waals surface area contributed by atoms with Gasteiger partial charge < -0.3 is 24.7 Å². The van der Waals surface area contributed by atoms with Crippen LogP contribution in [0.2, 0.25) is 0 Å². The van der Waals surface area contributed by atoms with Crippen LogP contribution in [0.4, 0.5) is 5.69 Å². The Bertz CT molecular complexity index is 806. The fraction of sp³-hybridized carbons (Fsp3) is 0.125. The molecule has 1 aromatic heterocycles. The third-order valence-electron chi connectivity index (χ3n) is 3.00. The van der Waals surface area contributed by atoms with E-state index >= 15 is 0 Å². The molecular formula is C16H14NO7-. The highest BCUT2D eigenvalue weighted by Gasteiger charge is 2.15. The van der Waals surface area contributed by atoms with Crippen LogP contribution in [-0.2, 0) is 6.61 Å². The molecule has 1 aromatic carbocycles. The summed E-state index contributed by atoms with van der Waals surface area (Å²) < 4.78 is 10.6. The summed E-state index contributed by atoms with van der Waals surface area (Å²) in [5, 5.41) is 28.1. The lowest BCUT2D eigenvalue weighted by Crippen LogP contribution is -2.12. The highest BCUT2D eigenvalue weighted by Crippen LogP contribution is 2.20. The van der Waals surface area contributed by atoms with Crippen LogP contribution in [0.1, 0.15) is 28.8 Å². The van der Waals surface area contributed by atoms with Gasteiger partial charge in [0.05, 0.1) is 5.69 Å². The van der Waals surface area contributed by atoms with Crippen molar-refractivity contribution >= 4 is 17.7 Å². The molecular weight excluding hydrogens is 318 g/mol. The smallest absolute Gasteiger partial charge is 0.371 e. The average Bonchev–Trinajstić information content (AvgIpc) is 2.54. The minimum atomic E-state index is -1.36. The first-order chi connectivity index (χ1) is 11.4. The quantitative estimate of drug-likeness (QED) is 0.774. The molecule has 0 amide bonds. The van der Waals surface area contributed by atoms with E-state index in [1.807, 2.05) is 0 Å². The Balaban J connectivity index is 2.25. The first kappa shape index (κ1) is 17.3. The van der Waals surface area contributed by atoms with Crippen LogP contribution in [0.15, 0.2) is 45.6 Å². The van der Waals surface area contributed by atoms with Gasteiger partial charge in [0, 0.05) is 6.07 Å². The number of benzene rings is 1. The molecule has 2 rings (SSSR count). The molecule has 0 atom stereocenters. The molecule has 2 N–H and O–H groups in total. The minimum Gasteiger partial charge on any atom is -0.733 e. The SMILES string of the molecule is C/C=C/c1oc(C(=O)O)cc(=O)c1OCc1ccc(N([O-])O)cc1. The maximum Gasteiger partial charge on any atom is 0.371 e. The van der Waals surface area contributed by atoms with E-state index < -0.39 is 17.2 Å². The van der Waals surface area contributed by atoms with Gasteiger partial charge in [0.15, 0.2) is 5.76 Å². The van der Waals surface area contributed by atoms with Gasteiger partial charge in [-0.1, -0.05) is 18.2 Å². The number of rotatable bonds is 6. The summed E-state index contributed by atoms with van der Waals surface area (Å²) in [4.78, 5) is 23.0. The summed E-state index contributed by atoms with van der Waals surface area (Å²) >= 11 is 0. The molecule has 0 bridgehead atoms. The second-order valence-electron chi connectivity index (χ2n) is 4.70. The van der Waals surface area contributed by atoms with Gasteiger partial charge in [0.1, 0.15) is 6.61 Å². The third-order valence-corrected chi connectivity index (χ3v) is 3.00. The van der Waals surface area contributed by atoms with Crippen LogP contribution >= 0.6 is 0 Å². The molecule has 1 heterocycles. The summed E-state index contributed by atoms with van der Waals surface area (Å²) in [6.07, 6.45) is 3.00. The number of ether oxygens (including phenoxy) is 1. The van der Waals surface area contributed by atoms with Crippen molar-refractivity contribution in [2.24, 2.45) is 0 Å². The van der Waals surface area contributed by atoms with E-state index in [1.165, 1.54) is 18.2 Å². The standard InChI is InChI=1S/C16H14NO7/c1-2-3-13-15(12(18)8-14(24-13)16(19)20)23-9-10-4-6-11(7-5-10)17(21)22/h2-8,21H,9H2,1H3,(H,19,20)/q-1/b3-2+. The van der Waals surface area contributed by atoms with Crippen LogP contribution < -0.4 is 15.4 Å². The molecule has 8 heteroatoms. The van der Waals surface area contributed by atoms with Gasteiger partial charge in [0.25, 0.3) is 0 Å². The maximum atomic E-state index is 12.0. The molecule has 0 aliphatic rings. The van der Waals surface area contributed by atoms with E-state index in [0.29, 0.717) is 5.56 Å². The van der Waals surface area contributed by atoms with E-state index in [0.717, 1.165) is 6.07 Å². The maximum absolute atomic E-state index is 12.0. The van der Waals surface area contributed by atoms with Crippen molar-refractivity contribution in [2.45, 2.75) is 13.5 Å². The lowest BCUT2D eigenvalue weighted by atomic mass is 10.2. The Labute approximate surface area is 136 Å². The third kappa shape index (κ3) is 4.00. The molecule has 126 valence electrons. The van der Waals surface area contributed by atoms with Gasteiger partial charge in [-0.25, -0.2) is 4.79 Å². The zero-order chi connectivity index (χ0) is 17.7. The summed E-state index contributed by atoms with van der Waals surface area (Å²) in [6.45, 7) is 1.67. The fourth-order valence-electron chi connectivity index (χ4n) is 1.88. The number of hydrogen-bond acceptors (Lipinski definition) is 7. The Morgan fingerprint density at radius 1 is 1.38 bits per heavy atom. The Morgan fingerprint density at radius 2 is 2.04 bits per heavy atom. The number of carbonyl (C=O) groups is 1. The summed E-state index contributed by atoms with van der Waals surface area (Å²) in [5.41, 5.74) is 0.0666. The lowest BCUT2D eigenvalue weighted by Gasteiger charge is -2.21. The molecule has 0 aliphatic carbocycles. The molecule has 24 heavy (non-hydrogen) atoms. The van der Waals surface area contributed by atoms with Crippen molar-refractivity contribution in [2.75, 3.05) is 5.23 Å². The Kier molecular flexibility index (Phi) is 5.35. The molecule has 0 radical (unpaired) electrons. The van der Waals surface area contributed by atoms with Crippen LogP contribution in [0.25, 0.3) is 6.08 Å². The van der Waals surface area contributed by atoms with Crippen LogP contribution in [0.5, 0.6) is 5.75 Å². The highest BCUT2D eigenvalue weighted by atomic mass is 16.8. The topological polar surface area (TPSA) is 123 Å². The van der Waals surface area contributed by atoms with Crippen molar-refractivity contribution in [3.8, 4) is 5.75 Å². The molecule has 0 spiro atoms. The van der Waals surface area contributed by atoms with Gasteiger partial charge in [-0.2, -0.15) is 0 Å². The first-order valence-corrected chi connectivity index (χ1v) is 6.84. The van der Waals surface area contributed by atoms with E-state index in [9.17, 15) is 14.8 Å². The number of allylic oxidation sites excluding steroid dienone is 1. The summed E-state index contributed by atoms with van der Waals surface area (Å²) in [7, 11) is 0. The second kappa shape index (κ2) is 7.44. The van der Waals surface area contributed by atoms with Crippen molar-refractivity contribution in [1.29, 1.82) is 0 Å². The van der Waals surface area contributed by atoms with E-state index in [-0.39, 0.29) is 29.0 Å². The molecule has 0 unspecified atom stereocenters. The van der Waals surface area contributed by atoms with Gasteiger partial charge >= 0.3 is 5.97 Å². The van der Waals surface area contributed by atoms with Crippen molar-refractivity contribution in [3.63, 3.8) is 0 Å². The Morgan fingerprint density at radius 3 is 2.58 bits per heavy atom. The number of aromatic carboxylic acids is 1. The van der Waals surface area contributed by atoms with Crippen LogP contribution in [0.3, 0.4) is 0 Å². The molecule has 0 saturated carbocycles. The van der Waals surface area contributed by atoms with Gasteiger partial charge in [-0.15, -0.1) is 0 Å². The summed E-state index contributed by atoms with van der Waals surface area (Å²) in [5.74, 6) is -1.95. The highest BCUT2D eigenvalue weighted by molar-refractivity contribution is 5.84. The average molecular weight is 332 g/mol. The van der Waals surface area contributed by atoms with E-state index in [4.69, 9.17) is 19.5 Å². The molecule has 8 nitrogen and oxygen atoms in total. The molecule has 0 fully saturated rings. The zero-order valence-corrected chi connectivity index (χ0v) is 12.6. The van der Waals surface area contributed by atoms with Crippen molar-refractivity contribution in [3.05, 3.63) is 68.9 Å². The normalized spacial score (nSPS) is 10.8.